The summed E-state index contributed by atoms with van der Waals surface area (Å²) in [6, 6.07) is 3.82. The molecule has 0 aliphatic rings. The van der Waals surface area contributed by atoms with Crippen LogP contribution >= 0.6 is 0 Å². The number of nitrogens with zero attached hydrogens (tertiary/aromatic N) is 2. The molecule has 2 heterocycles. The Hall–Kier alpha value is -1.55. The van der Waals surface area contributed by atoms with Crippen molar-refractivity contribution in [1.29, 1.82) is 0 Å². The summed E-state index contributed by atoms with van der Waals surface area (Å²) in [4.78, 5) is 0. The molecule has 2 atom stereocenters. The Balaban J connectivity index is 2.50. The number of nitrogens with two attached hydrogens (primary N) is 1. The molecule has 2 N–H and O–H groups in total. The van der Waals surface area contributed by atoms with E-state index in [0.29, 0.717) is 0 Å². The van der Waals surface area contributed by atoms with Crippen molar-refractivity contribution < 1.29 is 4.42 Å². The molecule has 0 saturated heterocycles. The minimum atomic E-state index is -0.0302. The van der Waals surface area contributed by atoms with Gasteiger partial charge in [-0.2, -0.15) is 5.10 Å². The molecule has 0 bridgehead atoms. The van der Waals surface area contributed by atoms with E-state index in [1.54, 1.807) is 6.26 Å². The molecule has 4 heteroatoms. The number of aromatic nitrogens is 2. The second-order valence-corrected chi connectivity index (χ2v) is 4.77. The van der Waals surface area contributed by atoms with Gasteiger partial charge in [-0.25, -0.2) is 0 Å². The van der Waals surface area contributed by atoms with E-state index in [4.69, 9.17) is 10.2 Å². The summed E-state index contributed by atoms with van der Waals surface area (Å²) in [6.45, 7) is 8.27. The van der Waals surface area contributed by atoms with Crippen LogP contribution in [0.15, 0.2) is 22.8 Å². The summed E-state index contributed by atoms with van der Waals surface area (Å²) < 4.78 is 7.53. The number of hydrogen-bond acceptors (Lipinski definition) is 3. The van der Waals surface area contributed by atoms with Crippen LogP contribution in [0.1, 0.15) is 42.1 Å². The van der Waals surface area contributed by atoms with Crippen LogP contribution in [0, 0.1) is 20.8 Å². The Morgan fingerprint density at radius 1 is 1.39 bits per heavy atom. The maximum atomic E-state index is 6.25. The van der Waals surface area contributed by atoms with Crippen LogP contribution in [0.5, 0.6) is 0 Å². The van der Waals surface area contributed by atoms with Crippen molar-refractivity contribution in [2.75, 3.05) is 0 Å². The molecule has 0 spiro atoms. The van der Waals surface area contributed by atoms with Crippen molar-refractivity contribution in [1.82, 2.24) is 9.78 Å². The molecule has 2 unspecified atom stereocenters. The lowest BCUT2D eigenvalue weighted by atomic mass is 10.0. The van der Waals surface area contributed by atoms with Crippen LogP contribution in [0.25, 0.3) is 0 Å². The molecule has 0 fully saturated rings. The van der Waals surface area contributed by atoms with Crippen molar-refractivity contribution in [3.05, 3.63) is 41.1 Å². The average Bonchev–Trinajstić information content (AvgIpc) is 2.96. The second kappa shape index (κ2) is 4.98. The first kappa shape index (κ1) is 12.9. The zero-order chi connectivity index (χ0) is 13.3. The third-order valence-electron chi connectivity index (χ3n) is 3.66. The molecule has 0 amide bonds. The maximum absolute atomic E-state index is 6.25. The van der Waals surface area contributed by atoms with E-state index >= 15 is 0 Å². The maximum Gasteiger partial charge on any atom is 0.129 e. The van der Waals surface area contributed by atoms with Gasteiger partial charge in [0.25, 0.3) is 0 Å². The molecule has 0 aliphatic heterocycles. The standard InChI is InChI=1S/C14H21N3O/c1-5-12(15)14(13-7-6-8-18-13)17-11(4)9(2)10(3)16-17/h6-8,12,14H,5,15H2,1-4H3. The molecule has 0 aliphatic carbocycles. The fourth-order valence-corrected chi connectivity index (χ4v) is 2.21. The zero-order valence-corrected chi connectivity index (χ0v) is 11.5. The summed E-state index contributed by atoms with van der Waals surface area (Å²) in [7, 11) is 0. The van der Waals surface area contributed by atoms with Crippen molar-refractivity contribution in [2.45, 2.75) is 46.2 Å². The molecule has 4 nitrogen and oxygen atoms in total. The Morgan fingerprint density at radius 2 is 2.11 bits per heavy atom. The minimum Gasteiger partial charge on any atom is -0.467 e. The SMILES string of the molecule is CCC(N)C(c1ccco1)n1nc(C)c(C)c1C. The third-order valence-corrected chi connectivity index (χ3v) is 3.66. The highest BCUT2D eigenvalue weighted by Gasteiger charge is 2.26. The summed E-state index contributed by atoms with van der Waals surface area (Å²) in [5.74, 6) is 0.870. The highest BCUT2D eigenvalue weighted by molar-refractivity contribution is 5.24. The predicted molar refractivity (Wildman–Crippen MR) is 71.6 cm³/mol. The minimum absolute atomic E-state index is 0.00597. The van der Waals surface area contributed by atoms with Gasteiger partial charge in [-0.3, -0.25) is 4.68 Å². The average molecular weight is 247 g/mol. The van der Waals surface area contributed by atoms with Crippen molar-refractivity contribution in [2.24, 2.45) is 5.73 Å². The Bertz CT molecular complexity index is 513. The molecule has 2 rings (SSSR count). The number of aryl methyl sites for hydroxylation is 1. The third kappa shape index (κ3) is 2.08. The summed E-state index contributed by atoms with van der Waals surface area (Å²) >= 11 is 0. The summed E-state index contributed by atoms with van der Waals surface area (Å²) in [5.41, 5.74) is 9.66. The number of rotatable bonds is 4. The smallest absolute Gasteiger partial charge is 0.129 e. The summed E-state index contributed by atoms with van der Waals surface area (Å²) in [6.07, 6.45) is 2.56. The van der Waals surface area contributed by atoms with E-state index in [9.17, 15) is 0 Å². The van der Waals surface area contributed by atoms with Gasteiger partial charge in [0.1, 0.15) is 11.8 Å². The lowest BCUT2D eigenvalue weighted by Crippen LogP contribution is -2.33. The largest absolute Gasteiger partial charge is 0.467 e. The monoisotopic (exact) mass is 247 g/mol. The van der Waals surface area contributed by atoms with Crippen molar-refractivity contribution >= 4 is 0 Å². The fraction of sp³-hybridized carbons (Fsp3) is 0.500. The molecule has 2 aromatic heterocycles. The Kier molecular flexibility index (Phi) is 3.57. The topological polar surface area (TPSA) is 57.0 Å². The van der Waals surface area contributed by atoms with Crippen molar-refractivity contribution in [3.63, 3.8) is 0 Å². The normalized spacial score (nSPS) is 14.7. The summed E-state index contributed by atoms with van der Waals surface area (Å²) in [5, 5.41) is 4.61. The fourth-order valence-electron chi connectivity index (χ4n) is 2.21. The highest BCUT2D eigenvalue weighted by atomic mass is 16.3. The first-order valence-electron chi connectivity index (χ1n) is 6.37. The van der Waals surface area contributed by atoms with Gasteiger partial charge in [0.15, 0.2) is 0 Å². The number of hydrogen-bond donors (Lipinski definition) is 1. The van der Waals surface area contributed by atoms with Crippen LogP contribution in [-0.2, 0) is 0 Å². The first-order chi connectivity index (χ1) is 8.56. The molecular formula is C14H21N3O. The van der Waals surface area contributed by atoms with E-state index < -0.39 is 0 Å². The Morgan fingerprint density at radius 3 is 2.56 bits per heavy atom. The molecular weight excluding hydrogens is 226 g/mol. The van der Waals surface area contributed by atoms with Crippen molar-refractivity contribution in [3.8, 4) is 0 Å². The molecule has 0 aromatic carbocycles. The molecule has 0 radical (unpaired) electrons. The number of furan rings is 1. The quantitative estimate of drug-likeness (QED) is 0.903. The van der Waals surface area contributed by atoms with Gasteiger partial charge in [0.05, 0.1) is 12.0 Å². The van der Waals surface area contributed by atoms with Crippen LogP contribution in [0.3, 0.4) is 0 Å². The van der Waals surface area contributed by atoms with Crippen LogP contribution < -0.4 is 5.73 Å². The first-order valence-corrected chi connectivity index (χ1v) is 6.37. The van der Waals surface area contributed by atoms with E-state index in [0.717, 1.165) is 23.6 Å². The van der Waals surface area contributed by atoms with Gasteiger partial charge in [0, 0.05) is 11.7 Å². The van der Waals surface area contributed by atoms with Crippen LogP contribution in [0.4, 0.5) is 0 Å². The van der Waals surface area contributed by atoms with Gasteiger partial charge >= 0.3 is 0 Å². The molecule has 0 saturated carbocycles. The van der Waals surface area contributed by atoms with E-state index in [-0.39, 0.29) is 12.1 Å². The second-order valence-electron chi connectivity index (χ2n) is 4.77. The van der Waals surface area contributed by atoms with Gasteiger partial charge in [-0.05, 0) is 44.9 Å². The molecule has 18 heavy (non-hydrogen) atoms. The van der Waals surface area contributed by atoms with Gasteiger partial charge < -0.3 is 10.2 Å². The Labute approximate surface area is 108 Å². The molecule has 98 valence electrons. The van der Waals surface area contributed by atoms with E-state index in [1.807, 2.05) is 23.7 Å². The molecule has 2 aromatic rings. The van der Waals surface area contributed by atoms with Crippen LogP contribution in [-0.4, -0.2) is 15.8 Å². The zero-order valence-electron chi connectivity index (χ0n) is 11.5. The van der Waals surface area contributed by atoms with Gasteiger partial charge in [-0.1, -0.05) is 6.92 Å². The van der Waals surface area contributed by atoms with E-state index in [1.165, 1.54) is 5.56 Å². The van der Waals surface area contributed by atoms with Gasteiger partial charge in [0.2, 0.25) is 0 Å². The van der Waals surface area contributed by atoms with Crippen LogP contribution in [0.2, 0.25) is 0 Å². The van der Waals surface area contributed by atoms with Gasteiger partial charge in [-0.15, -0.1) is 0 Å². The predicted octanol–water partition coefficient (Wildman–Crippen LogP) is 2.73. The lowest BCUT2D eigenvalue weighted by molar-refractivity contribution is 0.346. The van der Waals surface area contributed by atoms with E-state index in [2.05, 4.69) is 25.9 Å². The highest BCUT2D eigenvalue weighted by Crippen LogP contribution is 2.26. The lowest BCUT2D eigenvalue weighted by Gasteiger charge is -2.23.